The lowest BCUT2D eigenvalue weighted by Crippen LogP contribution is -2.34. The number of anilines is 1. The maximum Gasteiger partial charge on any atom is 0.256 e. The number of benzene rings is 1. The third-order valence-electron chi connectivity index (χ3n) is 3.27. The van der Waals surface area contributed by atoms with E-state index in [2.05, 4.69) is 10.6 Å². The number of nitrogens with one attached hydrogen (secondary N) is 2. The average molecular weight is 261 g/mol. The summed E-state index contributed by atoms with van der Waals surface area (Å²) in [5.41, 5.74) is 2.59. The first-order valence-electron chi connectivity index (χ1n) is 6.46. The molecule has 2 N–H and O–H groups in total. The summed E-state index contributed by atoms with van der Waals surface area (Å²) in [4.78, 5) is 25.5. The molecule has 19 heavy (non-hydrogen) atoms. The number of rotatable bonds is 2. The molecule has 5 heteroatoms. The number of aryl methyl sites for hydroxylation is 1. The number of hydrogen-bond acceptors (Lipinski definition) is 3. The van der Waals surface area contributed by atoms with Gasteiger partial charge in [0.15, 0.2) is 0 Å². The van der Waals surface area contributed by atoms with Crippen LogP contribution in [-0.2, 0) is 4.79 Å². The van der Waals surface area contributed by atoms with Crippen molar-refractivity contribution in [1.29, 1.82) is 0 Å². The van der Waals surface area contributed by atoms with Gasteiger partial charge in [0.1, 0.15) is 0 Å². The third kappa shape index (κ3) is 3.05. The smallest absolute Gasteiger partial charge is 0.256 e. The van der Waals surface area contributed by atoms with E-state index in [9.17, 15) is 9.59 Å². The van der Waals surface area contributed by atoms with Crippen molar-refractivity contribution in [3.8, 4) is 0 Å². The minimum absolute atomic E-state index is 0.00745. The van der Waals surface area contributed by atoms with E-state index in [1.807, 2.05) is 25.1 Å². The standard InChI is InChI=1S/C14H19N3O2/c1-10-3-4-11(12(9-10)15-2)14(19)17-7-5-13(18)16-6-8-17/h3-4,9,15H,5-8H2,1-2H3,(H,16,18). The van der Waals surface area contributed by atoms with E-state index in [1.165, 1.54) is 0 Å². The van der Waals surface area contributed by atoms with E-state index >= 15 is 0 Å². The van der Waals surface area contributed by atoms with Crippen LogP contribution in [0.1, 0.15) is 22.3 Å². The molecule has 0 spiro atoms. The Morgan fingerprint density at radius 2 is 2.16 bits per heavy atom. The summed E-state index contributed by atoms with van der Waals surface area (Å²) in [5.74, 6) is -0.0195. The van der Waals surface area contributed by atoms with Crippen molar-refractivity contribution in [3.05, 3.63) is 29.3 Å². The lowest BCUT2D eigenvalue weighted by atomic mass is 10.1. The van der Waals surface area contributed by atoms with E-state index in [4.69, 9.17) is 0 Å². The molecule has 2 amide bonds. The second kappa shape index (κ2) is 5.73. The van der Waals surface area contributed by atoms with Crippen LogP contribution in [0.2, 0.25) is 0 Å². The topological polar surface area (TPSA) is 61.4 Å². The van der Waals surface area contributed by atoms with Crippen LogP contribution in [0.15, 0.2) is 18.2 Å². The summed E-state index contributed by atoms with van der Waals surface area (Å²) < 4.78 is 0. The van der Waals surface area contributed by atoms with Crippen molar-refractivity contribution in [3.63, 3.8) is 0 Å². The zero-order chi connectivity index (χ0) is 13.8. The van der Waals surface area contributed by atoms with Crippen molar-refractivity contribution in [2.75, 3.05) is 32.0 Å². The van der Waals surface area contributed by atoms with Gasteiger partial charge in [-0.1, -0.05) is 6.07 Å². The van der Waals surface area contributed by atoms with Crippen molar-refractivity contribution in [2.24, 2.45) is 0 Å². The van der Waals surface area contributed by atoms with Gasteiger partial charge >= 0.3 is 0 Å². The Morgan fingerprint density at radius 1 is 1.37 bits per heavy atom. The molecule has 1 aromatic rings. The zero-order valence-electron chi connectivity index (χ0n) is 11.3. The largest absolute Gasteiger partial charge is 0.387 e. The van der Waals surface area contributed by atoms with Crippen LogP contribution in [0.25, 0.3) is 0 Å². The molecule has 1 fully saturated rings. The molecule has 0 atom stereocenters. The SMILES string of the molecule is CNc1cc(C)ccc1C(=O)N1CCNC(=O)CC1. The van der Waals surface area contributed by atoms with Crippen LogP contribution in [0.3, 0.4) is 0 Å². The second-order valence-corrected chi connectivity index (χ2v) is 4.69. The predicted octanol–water partition coefficient (Wildman–Crippen LogP) is 0.999. The normalized spacial score (nSPS) is 15.7. The molecule has 102 valence electrons. The van der Waals surface area contributed by atoms with E-state index in [0.29, 0.717) is 31.6 Å². The van der Waals surface area contributed by atoms with Gasteiger partial charge in [-0.05, 0) is 24.6 Å². The molecule has 0 saturated carbocycles. The van der Waals surface area contributed by atoms with Crippen LogP contribution in [-0.4, -0.2) is 43.4 Å². The lowest BCUT2D eigenvalue weighted by molar-refractivity contribution is -0.120. The lowest BCUT2D eigenvalue weighted by Gasteiger charge is -2.21. The maximum absolute atomic E-state index is 12.5. The Kier molecular flexibility index (Phi) is 4.04. The van der Waals surface area contributed by atoms with Gasteiger partial charge in [0, 0.05) is 38.8 Å². The molecule has 1 heterocycles. The van der Waals surface area contributed by atoms with Crippen molar-refractivity contribution < 1.29 is 9.59 Å². The highest BCUT2D eigenvalue weighted by molar-refractivity contribution is 6.00. The molecule has 5 nitrogen and oxygen atoms in total. The minimum Gasteiger partial charge on any atom is -0.387 e. The first-order valence-corrected chi connectivity index (χ1v) is 6.46. The summed E-state index contributed by atoms with van der Waals surface area (Å²) >= 11 is 0. The van der Waals surface area contributed by atoms with E-state index in [0.717, 1.165) is 11.3 Å². The van der Waals surface area contributed by atoms with Gasteiger partial charge in [-0.3, -0.25) is 9.59 Å². The van der Waals surface area contributed by atoms with Crippen LogP contribution in [0.4, 0.5) is 5.69 Å². The molecule has 1 aliphatic heterocycles. The Bertz CT molecular complexity index is 499. The first-order chi connectivity index (χ1) is 9.11. The molecule has 0 aromatic heterocycles. The molecular formula is C14H19N3O2. The fourth-order valence-electron chi connectivity index (χ4n) is 2.19. The van der Waals surface area contributed by atoms with Crippen molar-refractivity contribution >= 4 is 17.5 Å². The summed E-state index contributed by atoms with van der Waals surface area (Å²) in [6.45, 7) is 3.54. The highest BCUT2D eigenvalue weighted by Gasteiger charge is 2.21. The van der Waals surface area contributed by atoms with Gasteiger partial charge in [0.25, 0.3) is 5.91 Å². The van der Waals surface area contributed by atoms with E-state index < -0.39 is 0 Å². The maximum atomic E-state index is 12.5. The summed E-state index contributed by atoms with van der Waals surface area (Å²) in [5, 5.41) is 5.82. The van der Waals surface area contributed by atoms with E-state index in [-0.39, 0.29) is 11.8 Å². The molecule has 1 aromatic carbocycles. The number of hydrogen-bond donors (Lipinski definition) is 2. The molecule has 1 aliphatic rings. The molecule has 0 aliphatic carbocycles. The summed E-state index contributed by atoms with van der Waals surface area (Å²) in [6.07, 6.45) is 0.368. The number of nitrogens with zero attached hydrogens (tertiary/aromatic N) is 1. The summed E-state index contributed by atoms with van der Waals surface area (Å²) in [6, 6.07) is 5.72. The van der Waals surface area contributed by atoms with Crippen LogP contribution in [0, 0.1) is 6.92 Å². The van der Waals surface area contributed by atoms with Gasteiger partial charge in [-0.2, -0.15) is 0 Å². The average Bonchev–Trinajstić information content (AvgIpc) is 2.62. The van der Waals surface area contributed by atoms with Crippen LogP contribution in [0.5, 0.6) is 0 Å². The van der Waals surface area contributed by atoms with Crippen molar-refractivity contribution in [1.82, 2.24) is 10.2 Å². The van der Waals surface area contributed by atoms with Gasteiger partial charge in [-0.25, -0.2) is 0 Å². The Labute approximate surface area is 113 Å². The molecule has 0 radical (unpaired) electrons. The van der Waals surface area contributed by atoms with Crippen molar-refractivity contribution in [2.45, 2.75) is 13.3 Å². The summed E-state index contributed by atoms with van der Waals surface area (Å²) in [7, 11) is 1.80. The monoisotopic (exact) mass is 261 g/mol. The Hall–Kier alpha value is -2.04. The molecule has 1 saturated heterocycles. The van der Waals surface area contributed by atoms with Crippen LogP contribution >= 0.6 is 0 Å². The molecular weight excluding hydrogens is 242 g/mol. The highest BCUT2D eigenvalue weighted by atomic mass is 16.2. The number of carbonyl (C=O) groups is 2. The van der Waals surface area contributed by atoms with Gasteiger partial charge in [-0.15, -0.1) is 0 Å². The van der Waals surface area contributed by atoms with Crippen LogP contribution < -0.4 is 10.6 Å². The minimum atomic E-state index is -0.0270. The quantitative estimate of drug-likeness (QED) is 0.835. The third-order valence-corrected chi connectivity index (χ3v) is 3.27. The second-order valence-electron chi connectivity index (χ2n) is 4.69. The van der Waals surface area contributed by atoms with E-state index in [1.54, 1.807) is 11.9 Å². The zero-order valence-corrected chi connectivity index (χ0v) is 11.3. The first kappa shape index (κ1) is 13.4. The van der Waals surface area contributed by atoms with Gasteiger partial charge in [0.05, 0.1) is 5.56 Å². The molecule has 0 unspecified atom stereocenters. The Balaban J connectivity index is 2.21. The fraction of sp³-hybridized carbons (Fsp3) is 0.429. The molecule has 2 rings (SSSR count). The number of amides is 2. The highest BCUT2D eigenvalue weighted by Crippen LogP contribution is 2.19. The predicted molar refractivity (Wildman–Crippen MR) is 74.3 cm³/mol. The Morgan fingerprint density at radius 3 is 2.89 bits per heavy atom. The van der Waals surface area contributed by atoms with Gasteiger partial charge in [0.2, 0.25) is 5.91 Å². The fourth-order valence-corrected chi connectivity index (χ4v) is 2.19. The van der Waals surface area contributed by atoms with Gasteiger partial charge < -0.3 is 15.5 Å². The number of carbonyl (C=O) groups excluding carboxylic acids is 2. The molecule has 0 bridgehead atoms.